The Morgan fingerprint density at radius 3 is 2.71 bits per heavy atom. The maximum absolute atomic E-state index is 12.9. The summed E-state index contributed by atoms with van der Waals surface area (Å²) in [6, 6.07) is 6.77. The second kappa shape index (κ2) is 4.47. The molecule has 0 aliphatic heterocycles. The van der Waals surface area contributed by atoms with Crippen molar-refractivity contribution in [3.05, 3.63) is 47.1 Å². The molecule has 0 atom stereocenters. The van der Waals surface area contributed by atoms with E-state index in [2.05, 4.69) is 5.32 Å². The number of benzene rings is 1. The second-order valence-corrected chi connectivity index (χ2v) is 3.67. The largest absolute Gasteiger partial charge is 0.440 e. The Labute approximate surface area is 101 Å². The van der Waals surface area contributed by atoms with E-state index in [9.17, 15) is 9.18 Å². The zero-order valence-electron chi connectivity index (χ0n) is 8.54. The molecule has 0 unspecified atom stereocenters. The van der Waals surface area contributed by atoms with Gasteiger partial charge in [0.25, 0.3) is 5.91 Å². The molecule has 0 aliphatic carbocycles. The van der Waals surface area contributed by atoms with Gasteiger partial charge in [-0.2, -0.15) is 0 Å². The molecular formula is C11H8ClFN2O2. The van der Waals surface area contributed by atoms with E-state index in [1.807, 2.05) is 0 Å². The van der Waals surface area contributed by atoms with Crippen LogP contribution in [-0.4, -0.2) is 5.91 Å². The van der Waals surface area contributed by atoms with Crippen LogP contribution in [-0.2, 0) is 0 Å². The topological polar surface area (TPSA) is 68.3 Å². The van der Waals surface area contributed by atoms with Crippen LogP contribution < -0.4 is 11.1 Å². The number of nitrogen functional groups attached to an aromatic ring is 1. The van der Waals surface area contributed by atoms with Gasteiger partial charge in [0, 0.05) is 5.69 Å². The highest BCUT2D eigenvalue weighted by atomic mass is 35.5. The molecule has 1 heterocycles. The third-order valence-electron chi connectivity index (χ3n) is 2.05. The maximum Gasteiger partial charge on any atom is 0.291 e. The average molecular weight is 255 g/mol. The predicted molar refractivity (Wildman–Crippen MR) is 62.5 cm³/mol. The van der Waals surface area contributed by atoms with Crippen LogP contribution >= 0.6 is 11.6 Å². The highest BCUT2D eigenvalue weighted by Crippen LogP contribution is 2.18. The van der Waals surface area contributed by atoms with Gasteiger partial charge in [0.15, 0.2) is 11.0 Å². The molecule has 3 N–H and O–H groups in total. The first-order valence-corrected chi connectivity index (χ1v) is 5.06. The summed E-state index contributed by atoms with van der Waals surface area (Å²) in [6.07, 6.45) is 0. The van der Waals surface area contributed by atoms with E-state index < -0.39 is 11.7 Å². The average Bonchev–Trinajstić information content (AvgIpc) is 2.70. The standard InChI is InChI=1S/C11H8ClFN2O2/c12-10-4-3-9(17-10)11(16)15-6-1-2-7(13)8(14)5-6/h1-5H,14H2,(H,15,16). The fourth-order valence-electron chi connectivity index (χ4n) is 1.25. The number of rotatable bonds is 2. The van der Waals surface area contributed by atoms with Crippen LogP contribution in [0.4, 0.5) is 15.8 Å². The van der Waals surface area contributed by atoms with E-state index in [0.717, 1.165) is 0 Å². The van der Waals surface area contributed by atoms with E-state index in [-0.39, 0.29) is 16.7 Å². The number of nitrogens with two attached hydrogens (primary N) is 1. The minimum Gasteiger partial charge on any atom is -0.440 e. The summed E-state index contributed by atoms with van der Waals surface area (Å²) in [5.41, 5.74) is 5.70. The molecule has 1 aromatic heterocycles. The monoisotopic (exact) mass is 254 g/mol. The SMILES string of the molecule is Nc1cc(NC(=O)c2ccc(Cl)o2)ccc1F. The van der Waals surface area contributed by atoms with Crippen molar-refractivity contribution in [3.63, 3.8) is 0 Å². The fraction of sp³-hybridized carbons (Fsp3) is 0. The van der Waals surface area contributed by atoms with Gasteiger partial charge in [0.2, 0.25) is 0 Å². The van der Waals surface area contributed by atoms with Crippen LogP contribution in [0, 0.1) is 5.82 Å². The van der Waals surface area contributed by atoms with Crippen LogP contribution in [0.2, 0.25) is 5.22 Å². The molecule has 4 nitrogen and oxygen atoms in total. The number of hydrogen-bond donors (Lipinski definition) is 2. The molecule has 0 radical (unpaired) electrons. The Kier molecular flexibility index (Phi) is 3.01. The second-order valence-electron chi connectivity index (χ2n) is 3.29. The van der Waals surface area contributed by atoms with Crippen molar-refractivity contribution in [2.45, 2.75) is 0 Å². The number of furan rings is 1. The molecule has 6 heteroatoms. The molecular weight excluding hydrogens is 247 g/mol. The number of anilines is 2. The quantitative estimate of drug-likeness (QED) is 0.810. The van der Waals surface area contributed by atoms with Gasteiger partial charge in [-0.3, -0.25) is 4.79 Å². The van der Waals surface area contributed by atoms with Crippen LogP contribution in [0.1, 0.15) is 10.6 Å². The van der Waals surface area contributed by atoms with E-state index >= 15 is 0 Å². The normalized spacial score (nSPS) is 10.2. The Morgan fingerprint density at radius 1 is 1.35 bits per heavy atom. The van der Waals surface area contributed by atoms with Crippen molar-refractivity contribution in [3.8, 4) is 0 Å². The van der Waals surface area contributed by atoms with Gasteiger partial charge < -0.3 is 15.5 Å². The van der Waals surface area contributed by atoms with Crippen molar-refractivity contribution in [1.29, 1.82) is 0 Å². The van der Waals surface area contributed by atoms with Gasteiger partial charge >= 0.3 is 0 Å². The van der Waals surface area contributed by atoms with E-state index in [0.29, 0.717) is 5.69 Å². The summed E-state index contributed by atoms with van der Waals surface area (Å²) >= 11 is 5.54. The first-order chi connectivity index (χ1) is 8.06. The first kappa shape index (κ1) is 11.5. The molecule has 0 saturated heterocycles. The molecule has 0 saturated carbocycles. The molecule has 17 heavy (non-hydrogen) atoms. The number of carbonyl (C=O) groups excluding carboxylic acids is 1. The Balaban J connectivity index is 2.15. The maximum atomic E-state index is 12.9. The van der Waals surface area contributed by atoms with Crippen molar-refractivity contribution in [2.24, 2.45) is 0 Å². The number of amides is 1. The molecule has 1 amide bonds. The molecule has 1 aromatic carbocycles. The molecule has 0 fully saturated rings. The minimum atomic E-state index is -0.538. The lowest BCUT2D eigenvalue weighted by molar-refractivity contribution is 0.0997. The van der Waals surface area contributed by atoms with E-state index in [1.165, 1.54) is 30.3 Å². The van der Waals surface area contributed by atoms with Gasteiger partial charge in [0.05, 0.1) is 5.69 Å². The van der Waals surface area contributed by atoms with Crippen LogP contribution in [0.25, 0.3) is 0 Å². The Bertz CT molecular complexity index is 568. The van der Waals surface area contributed by atoms with Crippen LogP contribution in [0.15, 0.2) is 34.7 Å². The lowest BCUT2D eigenvalue weighted by Gasteiger charge is -2.04. The predicted octanol–water partition coefficient (Wildman–Crippen LogP) is 2.91. The fourth-order valence-corrected chi connectivity index (χ4v) is 1.40. The lowest BCUT2D eigenvalue weighted by Crippen LogP contribution is -2.11. The highest BCUT2D eigenvalue weighted by molar-refractivity contribution is 6.29. The number of hydrogen-bond acceptors (Lipinski definition) is 3. The molecule has 0 spiro atoms. The molecule has 2 rings (SSSR count). The van der Waals surface area contributed by atoms with Crippen LogP contribution in [0.3, 0.4) is 0 Å². The van der Waals surface area contributed by atoms with Gasteiger partial charge in [-0.15, -0.1) is 0 Å². The molecule has 88 valence electrons. The third-order valence-corrected chi connectivity index (χ3v) is 2.25. The molecule has 2 aromatic rings. The number of halogens is 2. The lowest BCUT2D eigenvalue weighted by atomic mass is 10.2. The summed E-state index contributed by atoms with van der Waals surface area (Å²) in [5.74, 6) is -0.954. The Morgan fingerprint density at radius 2 is 2.12 bits per heavy atom. The summed E-state index contributed by atoms with van der Waals surface area (Å²) in [4.78, 5) is 11.6. The highest BCUT2D eigenvalue weighted by Gasteiger charge is 2.11. The molecule has 0 aliphatic rings. The Hall–Kier alpha value is -2.01. The summed E-state index contributed by atoms with van der Waals surface area (Å²) in [6.45, 7) is 0. The number of carbonyl (C=O) groups is 1. The van der Waals surface area contributed by atoms with Gasteiger partial charge in [-0.25, -0.2) is 4.39 Å². The van der Waals surface area contributed by atoms with E-state index in [1.54, 1.807) is 0 Å². The summed E-state index contributed by atoms with van der Waals surface area (Å²) < 4.78 is 17.8. The third kappa shape index (κ3) is 2.57. The van der Waals surface area contributed by atoms with Gasteiger partial charge in [0.1, 0.15) is 5.82 Å². The number of nitrogens with one attached hydrogen (secondary N) is 1. The van der Waals surface area contributed by atoms with Crippen molar-refractivity contribution in [1.82, 2.24) is 0 Å². The van der Waals surface area contributed by atoms with Crippen molar-refractivity contribution < 1.29 is 13.6 Å². The zero-order valence-corrected chi connectivity index (χ0v) is 9.29. The molecule has 0 bridgehead atoms. The summed E-state index contributed by atoms with van der Waals surface area (Å²) in [7, 11) is 0. The van der Waals surface area contributed by atoms with Gasteiger partial charge in [-0.05, 0) is 41.9 Å². The zero-order chi connectivity index (χ0) is 12.4. The smallest absolute Gasteiger partial charge is 0.291 e. The van der Waals surface area contributed by atoms with Gasteiger partial charge in [-0.1, -0.05) is 0 Å². The first-order valence-electron chi connectivity index (χ1n) is 4.68. The summed E-state index contributed by atoms with van der Waals surface area (Å²) in [5, 5.41) is 2.62. The van der Waals surface area contributed by atoms with Crippen molar-refractivity contribution in [2.75, 3.05) is 11.1 Å². The van der Waals surface area contributed by atoms with Crippen molar-refractivity contribution >= 4 is 28.9 Å². The van der Waals surface area contributed by atoms with Crippen LogP contribution in [0.5, 0.6) is 0 Å². The van der Waals surface area contributed by atoms with E-state index in [4.69, 9.17) is 21.8 Å². The minimum absolute atomic E-state index is 0.0414.